The number of hydrogen-bond acceptors (Lipinski definition) is 6. The molecule has 0 radical (unpaired) electrons. The number of piperazine rings is 1. The first-order valence-corrected chi connectivity index (χ1v) is 6.95. The number of ether oxygens (including phenoxy) is 1. The summed E-state index contributed by atoms with van der Waals surface area (Å²) in [6.45, 7) is 2.48. The monoisotopic (exact) mass is 310 g/mol. The van der Waals surface area contributed by atoms with Crippen molar-refractivity contribution in [1.29, 1.82) is 0 Å². The van der Waals surface area contributed by atoms with Crippen LogP contribution in [0.25, 0.3) is 0 Å². The minimum absolute atomic E-state index is 0.0359. The molecule has 118 valence electrons. The number of nitrogens with one attached hydrogen (secondary N) is 1. The van der Waals surface area contributed by atoms with Crippen LogP contribution in [0.5, 0.6) is 5.75 Å². The van der Waals surface area contributed by atoms with Crippen molar-refractivity contribution in [2.45, 2.75) is 12.6 Å². The summed E-state index contributed by atoms with van der Waals surface area (Å²) < 4.78 is 36.6. The molecule has 1 fully saturated rings. The van der Waals surface area contributed by atoms with Gasteiger partial charge in [0.1, 0.15) is 5.82 Å². The van der Waals surface area contributed by atoms with Crippen molar-refractivity contribution in [2.75, 3.05) is 26.7 Å². The van der Waals surface area contributed by atoms with Crippen molar-refractivity contribution >= 4 is 0 Å². The zero-order chi connectivity index (χ0) is 15.5. The first kappa shape index (κ1) is 14.9. The third kappa shape index (κ3) is 3.23. The highest BCUT2D eigenvalue weighted by molar-refractivity contribution is 5.24. The summed E-state index contributed by atoms with van der Waals surface area (Å²) in [6.07, 6.45) is 0. The van der Waals surface area contributed by atoms with E-state index in [1.165, 1.54) is 6.07 Å². The van der Waals surface area contributed by atoms with Crippen molar-refractivity contribution in [3.8, 4) is 5.75 Å². The summed E-state index contributed by atoms with van der Waals surface area (Å²) in [5.41, 5.74) is 0. The number of nitrogens with zero attached hydrogens (tertiary/aromatic N) is 3. The highest BCUT2D eigenvalue weighted by Crippen LogP contribution is 2.20. The van der Waals surface area contributed by atoms with Gasteiger partial charge in [-0.05, 0) is 19.2 Å². The standard InChI is InChI=1S/C14H16F2N4O2/c1-20-5-4-17-7-11(20)14-18-13(22-19-14)8-21-12-3-2-9(15)6-10(12)16/h2-3,6,11,17H,4-5,7-8H2,1H3. The summed E-state index contributed by atoms with van der Waals surface area (Å²) in [5.74, 6) is -0.670. The molecule has 6 nitrogen and oxygen atoms in total. The van der Waals surface area contributed by atoms with E-state index in [0.29, 0.717) is 5.82 Å². The van der Waals surface area contributed by atoms with Crippen molar-refractivity contribution in [3.63, 3.8) is 0 Å². The molecule has 0 amide bonds. The fourth-order valence-electron chi connectivity index (χ4n) is 2.29. The van der Waals surface area contributed by atoms with E-state index in [-0.39, 0.29) is 24.3 Å². The molecule has 1 aromatic heterocycles. The molecule has 0 saturated carbocycles. The largest absolute Gasteiger partial charge is 0.481 e. The fourth-order valence-corrected chi connectivity index (χ4v) is 2.29. The lowest BCUT2D eigenvalue weighted by atomic mass is 10.2. The normalized spacial score (nSPS) is 19.3. The van der Waals surface area contributed by atoms with Crippen molar-refractivity contribution < 1.29 is 18.0 Å². The van der Waals surface area contributed by atoms with Gasteiger partial charge in [0.15, 0.2) is 24.0 Å². The molecule has 0 spiro atoms. The molecule has 1 unspecified atom stereocenters. The lowest BCUT2D eigenvalue weighted by molar-refractivity contribution is 0.189. The average molecular weight is 310 g/mol. The molecule has 1 atom stereocenters. The lowest BCUT2D eigenvalue weighted by Gasteiger charge is -2.30. The van der Waals surface area contributed by atoms with Gasteiger partial charge < -0.3 is 14.6 Å². The van der Waals surface area contributed by atoms with Gasteiger partial charge in [-0.1, -0.05) is 5.16 Å². The SMILES string of the molecule is CN1CCNCC1c1noc(COc2ccc(F)cc2F)n1. The third-order valence-corrected chi connectivity index (χ3v) is 3.54. The number of aromatic nitrogens is 2. The minimum atomic E-state index is -0.768. The number of halogens is 2. The van der Waals surface area contributed by atoms with E-state index in [1.54, 1.807) is 0 Å². The van der Waals surface area contributed by atoms with Crippen LogP contribution in [0.3, 0.4) is 0 Å². The fraction of sp³-hybridized carbons (Fsp3) is 0.429. The molecule has 0 bridgehead atoms. The molecule has 2 heterocycles. The van der Waals surface area contributed by atoms with Crippen LogP contribution in [-0.2, 0) is 6.61 Å². The van der Waals surface area contributed by atoms with Gasteiger partial charge in [0, 0.05) is 25.7 Å². The summed E-state index contributed by atoms with van der Waals surface area (Å²) in [6, 6.07) is 3.15. The topological polar surface area (TPSA) is 63.4 Å². The van der Waals surface area contributed by atoms with Crippen LogP contribution >= 0.6 is 0 Å². The molecule has 1 N–H and O–H groups in total. The molecule has 3 rings (SSSR count). The van der Waals surface area contributed by atoms with Crippen LogP contribution in [-0.4, -0.2) is 41.7 Å². The zero-order valence-electron chi connectivity index (χ0n) is 12.1. The van der Waals surface area contributed by atoms with Gasteiger partial charge in [0.25, 0.3) is 5.89 Å². The van der Waals surface area contributed by atoms with E-state index in [4.69, 9.17) is 9.26 Å². The molecule has 0 aliphatic carbocycles. The second-order valence-corrected chi connectivity index (χ2v) is 5.11. The van der Waals surface area contributed by atoms with Gasteiger partial charge >= 0.3 is 0 Å². The number of hydrogen-bond donors (Lipinski definition) is 1. The molecule has 1 aromatic carbocycles. The number of rotatable bonds is 4. The third-order valence-electron chi connectivity index (χ3n) is 3.54. The van der Waals surface area contributed by atoms with E-state index in [1.807, 2.05) is 7.05 Å². The van der Waals surface area contributed by atoms with Crippen LogP contribution in [0.1, 0.15) is 17.8 Å². The molecule has 2 aromatic rings. The highest BCUT2D eigenvalue weighted by Gasteiger charge is 2.25. The van der Waals surface area contributed by atoms with Crippen molar-refractivity contribution in [3.05, 3.63) is 41.5 Å². The van der Waals surface area contributed by atoms with E-state index in [2.05, 4.69) is 20.4 Å². The smallest absolute Gasteiger partial charge is 0.264 e. The van der Waals surface area contributed by atoms with Crippen LogP contribution in [0, 0.1) is 11.6 Å². The maximum absolute atomic E-state index is 13.5. The second kappa shape index (κ2) is 6.37. The predicted molar refractivity (Wildman–Crippen MR) is 73.2 cm³/mol. The van der Waals surface area contributed by atoms with Crippen molar-refractivity contribution in [1.82, 2.24) is 20.4 Å². The van der Waals surface area contributed by atoms with Gasteiger partial charge in [0.05, 0.1) is 6.04 Å². The van der Waals surface area contributed by atoms with Gasteiger partial charge in [0.2, 0.25) is 0 Å². The highest BCUT2D eigenvalue weighted by atomic mass is 19.1. The first-order chi connectivity index (χ1) is 10.6. The molecule has 1 aliphatic rings. The quantitative estimate of drug-likeness (QED) is 0.923. The average Bonchev–Trinajstić information content (AvgIpc) is 2.95. The Morgan fingerprint density at radius 3 is 3.09 bits per heavy atom. The van der Waals surface area contributed by atoms with Gasteiger partial charge in [-0.15, -0.1) is 0 Å². The molecule has 8 heteroatoms. The Hall–Kier alpha value is -2.06. The Labute approximate surface area is 126 Å². The van der Waals surface area contributed by atoms with E-state index in [9.17, 15) is 8.78 Å². The molecule has 22 heavy (non-hydrogen) atoms. The Bertz CT molecular complexity index is 650. The van der Waals surface area contributed by atoms with Crippen LogP contribution in [0.15, 0.2) is 22.7 Å². The zero-order valence-corrected chi connectivity index (χ0v) is 12.1. The molecular formula is C14H16F2N4O2. The van der Waals surface area contributed by atoms with E-state index in [0.717, 1.165) is 31.8 Å². The molecule has 1 saturated heterocycles. The number of benzene rings is 1. The summed E-state index contributed by atoms with van der Waals surface area (Å²) >= 11 is 0. The number of likely N-dealkylation sites (N-methyl/N-ethyl adjacent to an activating group) is 1. The van der Waals surface area contributed by atoms with Crippen molar-refractivity contribution in [2.24, 2.45) is 0 Å². The van der Waals surface area contributed by atoms with Gasteiger partial charge in [-0.25, -0.2) is 8.78 Å². The molecule has 1 aliphatic heterocycles. The Balaban J connectivity index is 1.64. The van der Waals surface area contributed by atoms with Crippen LogP contribution in [0.4, 0.5) is 8.78 Å². The maximum Gasteiger partial charge on any atom is 0.264 e. The van der Waals surface area contributed by atoms with Gasteiger partial charge in [-0.3, -0.25) is 4.90 Å². The first-order valence-electron chi connectivity index (χ1n) is 6.95. The van der Waals surface area contributed by atoms with Gasteiger partial charge in [-0.2, -0.15) is 4.98 Å². The predicted octanol–water partition coefficient (Wildman–Crippen LogP) is 1.50. The summed E-state index contributed by atoms with van der Waals surface area (Å²) in [5, 5.41) is 7.20. The van der Waals surface area contributed by atoms with E-state index >= 15 is 0 Å². The minimum Gasteiger partial charge on any atom is -0.481 e. The Morgan fingerprint density at radius 2 is 2.32 bits per heavy atom. The summed E-state index contributed by atoms with van der Waals surface area (Å²) in [7, 11) is 1.99. The molecular weight excluding hydrogens is 294 g/mol. The Kier molecular flexibility index (Phi) is 4.30. The van der Waals surface area contributed by atoms with E-state index < -0.39 is 11.6 Å². The summed E-state index contributed by atoms with van der Waals surface area (Å²) in [4.78, 5) is 6.40. The lowest BCUT2D eigenvalue weighted by Crippen LogP contribution is -2.44. The maximum atomic E-state index is 13.5. The van der Waals surface area contributed by atoms with Crippen LogP contribution < -0.4 is 10.1 Å². The second-order valence-electron chi connectivity index (χ2n) is 5.11. The Morgan fingerprint density at radius 1 is 1.45 bits per heavy atom. The van der Waals surface area contributed by atoms with Crippen LogP contribution in [0.2, 0.25) is 0 Å².